The Morgan fingerprint density at radius 3 is 2.03 bits per heavy atom. The molecule has 0 saturated heterocycles. The third-order valence-corrected chi connectivity index (χ3v) is 22.2. The first kappa shape index (κ1) is 25.1. The predicted molar refractivity (Wildman–Crippen MR) is 138 cm³/mol. The minimum absolute atomic E-state index is 0.0256. The zero-order chi connectivity index (χ0) is 22.8. The SMILES string of the molecule is CCC[CH2][Sn]([CH2]CCC)([CH2]CCC)[c]1ccc2nc(-c3ccc(OCCO)cc3)cn2c1. The number of unbranched alkanes of at least 4 members (excludes halogenated alkanes) is 3. The van der Waals surface area contributed by atoms with Crippen molar-refractivity contribution in [3.63, 3.8) is 0 Å². The van der Waals surface area contributed by atoms with Gasteiger partial charge in [0.25, 0.3) is 0 Å². The van der Waals surface area contributed by atoms with Gasteiger partial charge in [0.05, 0.1) is 0 Å². The Balaban J connectivity index is 1.92. The van der Waals surface area contributed by atoms with E-state index in [0.717, 1.165) is 22.7 Å². The molecule has 0 bridgehead atoms. The molecule has 32 heavy (non-hydrogen) atoms. The van der Waals surface area contributed by atoms with Crippen molar-refractivity contribution in [2.45, 2.75) is 72.6 Å². The van der Waals surface area contributed by atoms with Gasteiger partial charge < -0.3 is 5.11 Å². The molecule has 0 aliphatic heterocycles. The quantitative estimate of drug-likeness (QED) is 0.239. The Bertz CT molecular complexity index is 930. The summed E-state index contributed by atoms with van der Waals surface area (Å²) < 4.78 is 13.9. The van der Waals surface area contributed by atoms with Crippen LogP contribution in [-0.2, 0) is 0 Å². The molecule has 4 nitrogen and oxygen atoms in total. The second-order valence-electron chi connectivity index (χ2n) is 9.00. The topological polar surface area (TPSA) is 46.8 Å². The van der Waals surface area contributed by atoms with Crippen molar-refractivity contribution < 1.29 is 9.84 Å². The van der Waals surface area contributed by atoms with E-state index in [1.807, 2.05) is 24.3 Å². The molecule has 0 unspecified atom stereocenters. The number of hydrogen-bond donors (Lipinski definition) is 1. The summed E-state index contributed by atoms with van der Waals surface area (Å²) in [7, 11) is 0. The van der Waals surface area contributed by atoms with Crippen LogP contribution in [0.5, 0.6) is 5.75 Å². The molecular weight excluding hydrogens is 503 g/mol. The van der Waals surface area contributed by atoms with Crippen molar-refractivity contribution in [3.8, 4) is 17.0 Å². The van der Waals surface area contributed by atoms with Gasteiger partial charge in [0.15, 0.2) is 0 Å². The zero-order valence-electron chi connectivity index (χ0n) is 20.1. The summed E-state index contributed by atoms with van der Waals surface area (Å²) in [5.74, 6) is 0.774. The average molecular weight is 543 g/mol. The van der Waals surface area contributed by atoms with E-state index in [0.29, 0.717) is 6.61 Å². The Hall–Kier alpha value is -1.53. The first-order valence-corrected chi connectivity index (χ1v) is 20.0. The van der Waals surface area contributed by atoms with Crippen molar-refractivity contribution in [3.05, 3.63) is 48.8 Å². The summed E-state index contributed by atoms with van der Waals surface area (Å²) >= 11 is -2.45. The Labute approximate surface area is 197 Å². The van der Waals surface area contributed by atoms with E-state index in [-0.39, 0.29) is 6.61 Å². The van der Waals surface area contributed by atoms with Crippen molar-refractivity contribution in [1.29, 1.82) is 0 Å². The molecule has 5 heteroatoms. The van der Waals surface area contributed by atoms with Crippen LogP contribution in [0.3, 0.4) is 0 Å². The molecule has 174 valence electrons. The molecule has 3 aromatic rings. The molecule has 0 fully saturated rings. The molecule has 0 atom stereocenters. The summed E-state index contributed by atoms with van der Waals surface area (Å²) in [6, 6.07) is 12.7. The summed E-state index contributed by atoms with van der Waals surface area (Å²) in [5, 5.41) is 8.93. The monoisotopic (exact) mass is 544 g/mol. The normalized spacial score (nSPS) is 11.9. The molecule has 0 saturated carbocycles. The van der Waals surface area contributed by atoms with Crippen LogP contribution in [0.4, 0.5) is 0 Å². The van der Waals surface area contributed by atoms with Crippen LogP contribution >= 0.6 is 0 Å². The molecule has 0 spiro atoms. The second kappa shape index (κ2) is 12.6. The van der Waals surface area contributed by atoms with E-state index < -0.39 is 18.4 Å². The van der Waals surface area contributed by atoms with E-state index in [1.54, 1.807) is 3.58 Å². The summed E-state index contributed by atoms with van der Waals surface area (Å²) in [6.45, 7) is 7.35. The molecule has 0 amide bonds. The van der Waals surface area contributed by atoms with Crippen molar-refractivity contribution in [2.75, 3.05) is 13.2 Å². The van der Waals surface area contributed by atoms with E-state index >= 15 is 0 Å². The number of fused-ring (bicyclic) bond motifs is 1. The van der Waals surface area contributed by atoms with Gasteiger partial charge in [0.1, 0.15) is 0 Å². The molecule has 0 aliphatic rings. The fourth-order valence-electron chi connectivity index (χ4n) is 4.68. The van der Waals surface area contributed by atoms with E-state index in [2.05, 4.69) is 49.7 Å². The van der Waals surface area contributed by atoms with Crippen LogP contribution in [-0.4, -0.2) is 46.1 Å². The number of rotatable bonds is 14. The van der Waals surface area contributed by atoms with Crippen LogP contribution in [0, 0.1) is 0 Å². The maximum absolute atomic E-state index is 8.93. The number of benzene rings is 1. The Morgan fingerprint density at radius 2 is 1.47 bits per heavy atom. The number of ether oxygens (including phenoxy) is 1. The number of imidazole rings is 1. The first-order valence-electron chi connectivity index (χ1n) is 12.5. The molecule has 2 heterocycles. The summed E-state index contributed by atoms with van der Waals surface area (Å²) in [5.41, 5.74) is 3.10. The molecular formula is C27H40N2O2Sn. The van der Waals surface area contributed by atoms with Gasteiger partial charge in [0.2, 0.25) is 0 Å². The molecule has 2 aromatic heterocycles. The van der Waals surface area contributed by atoms with Crippen molar-refractivity contribution in [2.24, 2.45) is 0 Å². The summed E-state index contributed by atoms with van der Waals surface area (Å²) in [6.07, 6.45) is 12.6. The van der Waals surface area contributed by atoms with Crippen LogP contribution in [0.25, 0.3) is 16.9 Å². The fourth-order valence-corrected chi connectivity index (χ4v) is 20.5. The van der Waals surface area contributed by atoms with E-state index in [9.17, 15) is 0 Å². The van der Waals surface area contributed by atoms with Crippen LogP contribution in [0.1, 0.15) is 59.3 Å². The number of aliphatic hydroxyl groups is 1. The molecule has 1 N–H and O–H groups in total. The number of aliphatic hydroxyl groups excluding tert-OH is 1. The summed E-state index contributed by atoms with van der Waals surface area (Å²) in [4.78, 5) is 4.89. The second-order valence-corrected chi connectivity index (χ2v) is 22.2. The van der Waals surface area contributed by atoms with Crippen LogP contribution < -0.4 is 8.32 Å². The van der Waals surface area contributed by atoms with Gasteiger partial charge in [-0.1, -0.05) is 0 Å². The van der Waals surface area contributed by atoms with Gasteiger partial charge in [-0.05, 0) is 0 Å². The molecule has 3 rings (SSSR count). The number of pyridine rings is 1. The van der Waals surface area contributed by atoms with Crippen molar-refractivity contribution in [1.82, 2.24) is 9.38 Å². The van der Waals surface area contributed by atoms with Gasteiger partial charge in [-0.15, -0.1) is 0 Å². The molecule has 1 aromatic carbocycles. The molecule has 0 aliphatic carbocycles. The Morgan fingerprint density at radius 1 is 0.844 bits per heavy atom. The van der Waals surface area contributed by atoms with Gasteiger partial charge in [-0.3, -0.25) is 0 Å². The predicted octanol–water partition coefficient (Wildman–Crippen LogP) is 6.43. The van der Waals surface area contributed by atoms with Gasteiger partial charge in [-0.25, -0.2) is 0 Å². The first-order chi connectivity index (χ1) is 15.7. The fraction of sp³-hybridized carbons (Fsp3) is 0.519. The number of hydrogen-bond acceptors (Lipinski definition) is 3. The van der Waals surface area contributed by atoms with Crippen molar-refractivity contribution >= 4 is 27.6 Å². The standard InChI is InChI=1S/C15H13N2O2.3C4H9.Sn/c18-9-10-19-13-6-4-12(5-7-13)14-11-17-8-2-1-3-15(17)16-14;3*1-3-4-2;/h1,3-8,11,18H,9-10H2;3*1,3-4H2,2H3;. The number of aromatic nitrogens is 2. The van der Waals surface area contributed by atoms with Gasteiger partial charge >= 0.3 is 193 Å². The van der Waals surface area contributed by atoms with E-state index in [1.165, 1.54) is 51.8 Å². The Kier molecular flexibility index (Phi) is 9.91. The van der Waals surface area contributed by atoms with E-state index in [4.69, 9.17) is 14.8 Å². The maximum atomic E-state index is 8.93. The van der Waals surface area contributed by atoms with Gasteiger partial charge in [-0.2, -0.15) is 0 Å². The number of nitrogens with zero attached hydrogens (tertiary/aromatic N) is 2. The zero-order valence-corrected chi connectivity index (χ0v) is 23.0. The minimum atomic E-state index is -2.45. The van der Waals surface area contributed by atoms with Gasteiger partial charge in [0, 0.05) is 0 Å². The molecule has 0 radical (unpaired) electrons. The van der Waals surface area contributed by atoms with Crippen LogP contribution in [0.2, 0.25) is 13.3 Å². The third-order valence-electron chi connectivity index (χ3n) is 6.60. The third kappa shape index (κ3) is 6.28. The van der Waals surface area contributed by atoms with Crippen LogP contribution in [0.15, 0.2) is 48.8 Å². The average Bonchev–Trinajstić information content (AvgIpc) is 3.26.